The van der Waals surface area contributed by atoms with Crippen LogP contribution in [0.1, 0.15) is 45.1 Å². The summed E-state index contributed by atoms with van der Waals surface area (Å²) in [6, 6.07) is 5.96. The van der Waals surface area contributed by atoms with Gasteiger partial charge in [-0.25, -0.2) is 0 Å². The molecule has 1 aromatic carbocycles. The maximum atomic E-state index is 12.1. The van der Waals surface area contributed by atoms with Crippen molar-refractivity contribution < 1.29 is 13.7 Å². The minimum absolute atomic E-state index is 0.141. The molecule has 0 aromatic heterocycles. The van der Waals surface area contributed by atoms with E-state index >= 15 is 0 Å². The molecule has 156 valence electrons. The maximum absolute atomic E-state index is 12.1. The number of benzene rings is 1. The van der Waals surface area contributed by atoms with Crippen LogP contribution in [0.2, 0.25) is 0 Å². The highest BCUT2D eigenvalue weighted by molar-refractivity contribution is 7.85. The van der Waals surface area contributed by atoms with E-state index in [1.54, 1.807) is 14.2 Å². The number of carbonyl (C=O) groups is 1. The number of ether oxygens (including phenoxy) is 1. The Morgan fingerprint density at radius 3 is 2.79 bits per heavy atom. The molecule has 1 saturated carbocycles. The van der Waals surface area contributed by atoms with Crippen molar-refractivity contribution >= 4 is 28.4 Å². The monoisotopic (exact) mass is 408 g/mol. The van der Waals surface area contributed by atoms with Gasteiger partial charge in [0.2, 0.25) is 5.91 Å². The van der Waals surface area contributed by atoms with Crippen LogP contribution in [0.25, 0.3) is 0 Å². The number of rotatable bonds is 7. The number of hydrogen-bond acceptors (Lipinski definition) is 4. The Labute approximate surface area is 170 Å². The number of nitrogens with zero attached hydrogens (tertiary/aromatic N) is 1. The van der Waals surface area contributed by atoms with Gasteiger partial charge in [0.25, 0.3) is 0 Å². The predicted molar refractivity (Wildman–Crippen MR) is 115 cm³/mol. The van der Waals surface area contributed by atoms with Crippen LogP contribution in [-0.4, -0.2) is 47.3 Å². The molecule has 3 N–H and O–H groups in total. The van der Waals surface area contributed by atoms with Crippen LogP contribution in [0.15, 0.2) is 23.2 Å². The van der Waals surface area contributed by atoms with Crippen molar-refractivity contribution in [3.05, 3.63) is 23.8 Å². The standard InChI is InChI=1S/C20H32N4O3S/c1-5-28(26)17-8-6-7-16(12-17)24-20(21-3)22-13-15-9-10-19(27-4)18(11-15)23-14(2)25/h9-11,16-17H,5-8,12-13H2,1-4H3,(H,23,25)(H2,21,22,24). The van der Waals surface area contributed by atoms with Gasteiger partial charge >= 0.3 is 0 Å². The molecule has 0 saturated heterocycles. The van der Waals surface area contributed by atoms with E-state index in [1.165, 1.54) is 6.92 Å². The van der Waals surface area contributed by atoms with Crippen molar-refractivity contribution in [3.63, 3.8) is 0 Å². The molecule has 0 bridgehead atoms. The average molecular weight is 409 g/mol. The molecule has 0 spiro atoms. The summed E-state index contributed by atoms with van der Waals surface area (Å²) in [7, 11) is 2.58. The van der Waals surface area contributed by atoms with Crippen LogP contribution in [0.3, 0.4) is 0 Å². The van der Waals surface area contributed by atoms with Crippen molar-refractivity contribution in [1.82, 2.24) is 10.6 Å². The molecule has 1 aliphatic carbocycles. The SMILES string of the molecule is CCS(=O)C1CCCC(NC(=NC)NCc2ccc(OC)c(NC(C)=O)c2)C1. The van der Waals surface area contributed by atoms with Gasteiger partial charge in [0.1, 0.15) is 5.75 Å². The summed E-state index contributed by atoms with van der Waals surface area (Å²) in [5.41, 5.74) is 1.65. The smallest absolute Gasteiger partial charge is 0.221 e. The molecule has 1 fully saturated rings. The van der Waals surface area contributed by atoms with Crippen molar-refractivity contribution in [3.8, 4) is 5.75 Å². The fourth-order valence-electron chi connectivity index (χ4n) is 3.48. The van der Waals surface area contributed by atoms with Gasteiger partial charge in [-0.15, -0.1) is 0 Å². The van der Waals surface area contributed by atoms with Crippen molar-refractivity contribution in [2.75, 3.05) is 25.2 Å². The second-order valence-corrected chi connectivity index (χ2v) is 8.95. The fourth-order valence-corrected chi connectivity index (χ4v) is 4.82. The van der Waals surface area contributed by atoms with Gasteiger partial charge < -0.3 is 20.7 Å². The third-order valence-corrected chi connectivity index (χ3v) is 6.62. The van der Waals surface area contributed by atoms with E-state index in [0.29, 0.717) is 18.0 Å². The Hall–Kier alpha value is -2.09. The zero-order valence-electron chi connectivity index (χ0n) is 17.2. The van der Waals surface area contributed by atoms with Crippen LogP contribution in [-0.2, 0) is 22.1 Å². The number of methoxy groups -OCH3 is 1. The minimum Gasteiger partial charge on any atom is -0.495 e. The third kappa shape index (κ3) is 6.51. The first-order valence-corrected chi connectivity index (χ1v) is 11.1. The van der Waals surface area contributed by atoms with Crippen LogP contribution < -0.4 is 20.7 Å². The van der Waals surface area contributed by atoms with Crippen molar-refractivity contribution in [2.45, 2.75) is 57.4 Å². The molecule has 0 aliphatic heterocycles. The average Bonchev–Trinajstić information content (AvgIpc) is 2.70. The number of hydrogen-bond donors (Lipinski definition) is 3. The second kappa shape index (κ2) is 11.0. The van der Waals surface area contributed by atoms with Gasteiger partial charge in [-0.05, 0) is 37.0 Å². The lowest BCUT2D eigenvalue weighted by atomic mass is 9.95. The molecule has 28 heavy (non-hydrogen) atoms. The van der Waals surface area contributed by atoms with Gasteiger partial charge in [-0.3, -0.25) is 14.0 Å². The first kappa shape index (κ1) is 22.2. The number of aliphatic imine (C=N–C) groups is 1. The molecule has 0 radical (unpaired) electrons. The lowest BCUT2D eigenvalue weighted by Crippen LogP contribution is -2.46. The lowest BCUT2D eigenvalue weighted by Gasteiger charge is -2.30. The van der Waals surface area contributed by atoms with E-state index in [0.717, 1.165) is 43.0 Å². The molecule has 1 amide bonds. The summed E-state index contributed by atoms with van der Waals surface area (Å²) in [5.74, 6) is 1.93. The molecule has 7 nitrogen and oxygen atoms in total. The Balaban J connectivity index is 1.95. The Kier molecular flexibility index (Phi) is 8.76. The largest absolute Gasteiger partial charge is 0.495 e. The van der Waals surface area contributed by atoms with E-state index in [-0.39, 0.29) is 17.2 Å². The minimum atomic E-state index is -0.742. The molecule has 1 aromatic rings. The fraction of sp³-hybridized carbons (Fsp3) is 0.600. The van der Waals surface area contributed by atoms with Crippen LogP contribution in [0.4, 0.5) is 5.69 Å². The normalized spacial score (nSPS) is 20.9. The van der Waals surface area contributed by atoms with E-state index < -0.39 is 10.8 Å². The molecule has 1 aliphatic rings. The van der Waals surface area contributed by atoms with Gasteiger partial charge in [0, 0.05) is 48.4 Å². The summed E-state index contributed by atoms with van der Waals surface area (Å²) in [5, 5.41) is 9.84. The van der Waals surface area contributed by atoms with E-state index in [1.807, 2.05) is 25.1 Å². The number of anilines is 1. The number of carbonyl (C=O) groups excluding carboxylic acids is 1. The quantitative estimate of drug-likeness (QED) is 0.476. The summed E-state index contributed by atoms with van der Waals surface area (Å²) < 4.78 is 17.4. The van der Waals surface area contributed by atoms with Crippen LogP contribution >= 0.6 is 0 Å². The van der Waals surface area contributed by atoms with Crippen LogP contribution in [0.5, 0.6) is 5.75 Å². The Bertz CT molecular complexity index is 723. The molecule has 8 heteroatoms. The predicted octanol–water partition coefficient (Wildman–Crippen LogP) is 2.40. The summed E-state index contributed by atoms with van der Waals surface area (Å²) in [4.78, 5) is 15.7. The van der Waals surface area contributed by atoms with Gasteiger partial charge in [0.15, 0.2) is 5.96 Å². The molecule has 3 unspecified atom stereocenters. The first-order valence-electron chi connectivity index (χ1n) is 9.75. The zero-order valence-corrected chi connectivity index (χ0v) is 18.0. The highest BCUT2D eigenvalue weighted by Crippen LogP contribution is 2.25. The molecule has 0 heterocycles. The van der Waals surface area contributed by atoms with Crippen LogP contribution in [0, 0.1) is 0 Å². The summed E-state index contributed by atoms with van der Waals surface area (Å²) in [6.45, 7) is 4.02. The van der Waals surface area contributed by atoms with Gasteiger partial charge in [-0.1, -0.05) is 19.4 Å². The summed E-state index contributed by atoms with van der Waals surface area (Å²) in [6.07, 6.45) is 4.11. The molecular weight excluding hydrogens is 376 g/mol. The maximum Gasteiger partial charge on any atom is 0.221 e. The number of amides is 1. The first-order chi connectivity index (χ1) is 13.5. The number of guanidine groups is 1. The highest BCUT2D eigenvalue weighted by atomic mass is 32.2. The Morgan fingerprint density at radius 2 is 2.14 bits per heavy atom. The topological polar surface area (TPSA) is 91.8 Å². The molecular formula is C20H32N4O3S. The lowest BCUT2D eigenvalue weighted by molar-refractivity contribution is -0.114. The highest BCUT2D eigenvalue weighted by Gasteiger charge is 2.26. The van der Waals surface area contributed by atoms with Crippen molar-refractivity contribution in [2.24, 2.45) is 4.99 Å². The van der Waals surface area contributed by atoms with Gasteiger partial charge in [-0.2, -0.15) is 0 Å². The van der Waals surface area contributed by atoms with E-state index in [4.69, 9.17) is 4.74 Å². The zero-order chi connectivity index (χ0) is 20.5. The van der Waals surface area contributed by atoms with E-state index in [9.17, 15) is 9.00 Å². The second-order valence-electron chi connectivity index (χ2n) is 6.94. The Morgan fingerprint density at radius 1 is 1.36 bits per heavy atom. The third-order valence-electron chi connectivity index (χ3n) is 4.88. The number of nitrogens with one attached hydrogen (secondary N) is 3. The van der Waals surface area contributed by atoms with Gasteiger partial charge in [0.05, 0.1) is 12.8 Å². The summed E-state index contributed by atoms with van der Waals surface area (Å²) >= 11 is 0. The molecule has 2 rings (SSSR count). The molecule has 3 atom stereocenters. The van der Waals surface area contributed by atoms with Crippen molar-refractivity contribution in [1.29, 1.82) is 0 Å². The van der Waals surface area contributed by atoms with E-state index in [2.05, 4.69) is 20.9 Å².